The van der Waals surface area contributed by atoms with Gasteiger partial charge >= 0.3 is 5.97 Å². The van der Waals surface area contributed by atoms with Gasteiger partial charge in [-0.2, -0.15) is 0 Å². The maximum Gasteiger partial charge on any atom is 0.307 e. The summed E-state index contributed by atoms with van der Waals surface area (Å²) in [5, 5.41) is 4.71. The number of rotatable bonds is 7. The van der Waals surface area contributed by atoms with Gasteiger partial charge in [0.25, 0.3) is 0 Å². The second-order valence-corrected chi connectivity index (χ2v) is 9.46. The fourth-order valence-corrected chi connectivity index (χ4v) is 4.10. The molecule has 2 aromatic carbocycles. The largest absolute Gasteiger partial charge is 0.489 e. The fourth-order valence-electron chi connectivity index (χ4n) is 3.59. The molecule has 0 radical (unpaired) electrons. The Kier molecular flexibility index (Phi) is 7.67. The van der Waals surface area contributed by atoms with Crippen molar-refractivity contribution in [3.63, 3.8) is 0 Å². The van der Waals surface area contributed by atoms with Crippen LogP contribution < -0.4 is 10.1 Å². The number of halogens is 2. The number of carbonyl (C=O) groups excluding carboxylic acids is 1. The van der Waals surface area contributed by atoms with Crippen molar-refractivity contribution < 1.29 is 14.3 Å². The van der Waals surface area contributed by atoms with E-state index in [1.807, 2.05) is 45.0 Å². The monoisotopic (exact) mass is 449 g/mol. The Hall–Kier alpha value is -1.75. The van der Waals surface area contributed by atoms with Crippen LogP contribution in [-0.4, -0.2) is 24.2 Å². The van der Waals surface area contributed by atoms with Crippen molar-refractivity contribution in [2.45, 2.75) is 64.7 Å². The van der Waals surface area contributed by atoms with Crippen LogP contribution in [0.25, 0.3) is 0 Å². The normalized spacial score (nSPS) is 16.1. The number of esters is 1. The van der Waals surface area contributed by atoms with Crippen LogP contribution in [0.5, 0.6) is 5.75 Å². The second kappa shape index (κ2) is 10.0. The predicted molar refractivity (Wildman–Crippen MR) is 122 cm³/mol. The molecule has 3 rings (SSSR count). The van der Waals surface area contributed by atoms with Crippen LogP contribution in [0.4, 0.5) is 0 Å². The number of nitrogens with one attached hydrogen (secondary N) is 1. The molecular formula is C24H29Cl2NO3. The summed E-state index contributed by atoms with van der Waals surface area (Å²) >= 11 is 12.5. The van der Waals surface area contributed by atoms with Crippen molar-refractivity contribution in [1.29, 1.82) is 0 Å². The quantitative estimate of drug-likeness (QED) is 0.546. The smallest absolute Gasteiger partial charge is 0.307 e. The zero-order valence-electron chi connectivity index (χ0n) is 17.8. The van der Waals surface area contributed by atoms with Crippen molar-refractivity contribution in [3.05, 3.63) is 63.1 Å². The molecule has 0 spiro atoms. The third-order valence-corrected chi connectivity index (χ3v) is 5.74. The van der Waals surface area contributed by atoms with Crippen LogP contribution in [0, 0.1) is 0 Å². The molecule has 0 aromatic heterocycles. The third kappa shape index (κ3) is 6.63. The minimum absolute atomic E-state index is 0.167. The van der Waals surface area contributed by atoms with Gasteiger partial charge in [-0.15, -0.1) is 0 Å². The summed E-state index contributed by atoms with van der Waals surface area (Å²) in [5.74, 6) is 0.638. The summed E-state index contributed by atoms with van der Waals surface area (Å²) in [5.41, 5.74) is 2.98. The summed E-state index contributed by atoms with van der Waals surface area (Å²) in [4.78, 5) is 11.9. The lowest BCUT2D eigenvalue weighted by atomic mass is 9.88. The molecule has 30 heavy (non-hydrogen) atoms. The van der Waals surface area contributed by atoms with E-state index in [1.165, 1.54) is 11.1 Å². The molecule has 1 aliphatic carbocycles. The Morgan fingerprint density at radius 3 is 2.57 bits per heavy atom. The van der Waals surface area contributed by atoms with Gasteiger partial charge < -0.3 is 14.8 Å². The SMILES string of the molecule is CC(C)(C)OC(=O)CCNC1CCc2ccc(OCc3c(Cl)cccc3Cl)cc2C1. The van der Waals surface area contributed by atoms with Crippen molar-refractivity contribution in [2.24, 2.45) is 0 Å². The van der Waals surface area contributed by atoms with Crippen molar-refractivity contribution >= 4 is 29.2 Å². The van der Waals surface area contributed by atoms with Crippen molar-refractivity contribution in [3.8, 4) is 5.75 Å². The molecule has 0 fully saturated rings. The first-order valence-corrected chi connectivity index (χ1v) is 11.1. The van der Waals surface area contributed by atoms with E-state index in [4.69, 9.17) is 32.7 Å². The molecule has 1 atom stereocenters. The topological polar surface area (TPSA) is 47.6 Å². The number of carbonyl (C=O) groups is 1. The maximum atomic E-state index is 11.9. The minimum atomic E-state index is -0.439. The first kappa shape index (κ1) is 22.9. The van der Waals surface area contributed by atoms with E-state index in [0.717, 1.165) is 30.6 Å². The van der Waals surface area contributed by atoms with Gasteiger partial charge in [-0.05, 0) is 75.4 Å². The zero-order valence-corrected chi connectivity index (χ0v) is 19.3. The van der Waals surface area contributed by atoms with Crippen molar-refractivity contribution in [2.75, 3.05) is 6.54 Å². The van der Waals surface area contributed by atoms with E-state index in [9.17, 15) is 4.79 Å². The number of benzene rings is 2. The second-order valence-electron chi connectivity index (χ2n) is 8.65. The Bertz CT molecular complexity index is 872. The van der Waals surface area contributed by atoms with Gasteiger partial charge in [0.05, 0.1) is 6.42 Å². The molecule has 0 bridgehead atoms. The zero-order chi connectivity index (χ0) is 21.7. The molecule has 1 aliphatic rings. The highest BCUT2D eigenvalue weighted by molar-refractivity contribution is 6.35. The molecule has 162 valence electrons. The van der Waals surface area contributed by atoms with E-state index < -0.39 is 5.60 Å². The maximum absolute atomic E-state index is 11.9. The van der Waals surface area contributed by atoms with E-state index in [2.05, 4.69) is 17.4 Å². The van der Waals surface area contributed by atoms with Gasteiger partial charge in [-0.3, -0.25) is 4.79 Å². The van der Waals surface area contributed by atoms with Crippen LogP contribution in [-0.2, 0) is 29.0 Å². The van der Waals surface area contributed by atoms with Crippen molar-refractivity contribution in [1.82, 2.24) is 5.32 Å². The average Bonchev–Trinajstić information content (AvgIpc) is 2.66. The van der Waals surface area contributed by atoms with E-state index in [-0.39, 0.29) is 5.97 Å². The Balaban J connectivity index is 1.53. The van der Waals surface area contributed by atoms with Gasteiger partial charge in [-0.1, -0.05) is 35.3 Å². The summed E-state index contributed by atoms with van der Waals surface area (Å²) < 4.78 is 11.3. The fraction of sp³-hybridized carbons (Fsp3) is 0.458. The number of aryl methyl sites for hydroxylation is 1. The number of ether oxygens (including phenoxy) is 2. The number of hydrogen-bond acceptors (Lipinski definition) is 4. The average molecular weight is 450 g/mol. The highest BCUT2D eigenvalue weighted by Gasteiger charge is 2.20. The molecule has 0 amide bonds. The molecule has 0 saturated heterocycles. The molecule has 1 unspecified atom stereocenters. The summed E-state index contributed by atoms with van der Waals surface area (Å²) in [6.07, 6.45) is 3.35. The Morgan fingerprint density at radius 2 is 1.87 bits per heavy atom. The number of fused-ring (bicyclic) bond motifs is 1. The van der Waals surface area contributed by atoms with Gasteiger partial charge in [0.1, 0.15) is 18.0 Å². The van der Waals surface area contributed by atoms with Crippen LogP contribution in [0.2, 0.25) is 10.0 Å². The third-order valence-electron chi connectivity index (χ3n) is 5.03. The molecule has 0 aliphatic heterocycles. The molecular weight excluding hydrogens is 421 g/mol. The standard InChI is InChI=1S/C24H29Cl2NO3/c1-24(2,3)30-23(28)11-12-27-18-9-7-16-8-10-19(14-17(16)13-18)29-15-20-21(25)5-4-6-22(20)26/h4-6,8,10,14,18,27H,7,9,11-13,15H2,1-3H3. The van der Waals surface area contributed by atoms with Crippen LogP contribution in [0.15, 0.2) is 36.4 Å². The van der Waals surface area contributed by atoms with E-state index >= 15 is 0 Å². The first-order valence-electron chi connectivity index (χ1n) is 10.3. The van der Waals surface area contributed by atoms with Gasteiger partial charge in [-0.25, -0.2) is 0 Å². The summed E-state index contributed by atoms with van der Waals surface area (Å²) in [6.45, 7) is 6.60. The van der Waals surface area contributed by atoms with Crippen LogP contribution in [0.1, 0.15) is 50.3 Å². The minimum Gasteiger partial charge on any atom is -0.489 e. The number of hydrogen-bond donors (Lipinski definition) is 1. The lowest BCUT2D eigenvalue weighted by Crippen LogP contribution is -2.36. The van der Waals surface area contributed by atoms with Gasteiger partial charge in [0.2, 0.25) is 0 Å². The summed E-state index contributed by atoms with van der Waals surface area (Å²) in [6, 6.07) is 12.0. The highest BCUT2D eigenvalue weighted by atomic mass is 35.5. The van der Waals surface area contributed by atoms with Gasteiger partial charge in [0.15, 0.2) is 0 Å². The molecule has 4 nitrogen and oxygen atoms in total. The summed E-state index contributed by atoms with van der Waals surface area (Å²) in [7, 11) is 0. The molecule has 2 aromatic rings. The van der Waals surface area contributed by atoms with E-state index in [0.29, 0.717) is 35.7 Å². The van der Waals surface area contributed by atoms with Crippen LogP contribution >= 0.6 is 23.2 Å². The van der Waals surface area contributed by atoms with Gasteiger partial charge in [0, 0.05) is 28.2 Å². The Morgan fingerprint density at radius 1 is 1.13 bits per heavy atom. The lowest BCUT2D eigenvalue weighted by molar-refractivity contribution is -0.154. The molecule has 0 saturated carbocycles. The first-order chi connectivity index (χ1) is 14.2. The highest BCUT2D eigenvalue weighted by Crippen LogP contribution is 2.29. The Labute approximate surface area is 188 Å². The van der Waals surface area contributed by atoms with Crippen LogP contribution in [0.3, 0.4) is 0 Å². The molecule has 1 N–H and O–H groups in total. The molecule has 0 heterocycles. The van der Waals surface area contributed by atoms with E-state index in [1.54, 1.807) is 0 Å². The lowest BCUT2D eigenvalue weighted by Gasteiger charge is -2.26. The molecule has 6 heteroatoms. The predicted octanol–water partition coefficient (Wildman–Crippen LogP) is 5.75.